The average Bonchev–Trinajstić information content (AvgIpc) is 3.35. The molecule has 10 nitrogen and oxygen atoms in total. The van der Waals surface area contributed by atoms with E-state index in [0.717, 1.165) is 28.2 Å². The summed E-state index contributed by atoms with van der Waals surface area (Å²) in [6, 6.07) is 13.1. The van der Waals surface area contributed by atoms with Gasteiger partial charge in [0.1, 0.15) is 0 Å². The molecule has 0 aliphatic carbocycles. The molecule has 5 rings (SSSR count). The first kappa shape index (κ1) is 26.0. The third-order valence-corrected chi connectivity index (χ3v) is 6.44. The molecule has 1 aliphatic rings. The van der Waals surface area contributed by atoms with Crippen molar-refractivity contribution in [1.82, 2.24) is 35.5 Å². The van der Waals surface area contributed by atoms with E-state index in [1.807, 2.05) is 36.4 Å². The Kier molecular flexibility index (Phi) is 7.98. The van der Waals surface area contributed by atoms with E-state index < -0.39 is 6.09 Å². The Morgan fingerprint density at radius 1 is 1.00 bits per heavy atom. The van der Waals surface area contributed by atoms with E-state index in [4.69, 9.17) is 11.6 Å². The largest absolute Gasteiger partial charge is 0.465 e. The lowest BCUT2D eigenvalue weighted by Crippen LogP contribution is -2.59. The minimum Gasteiger partial charge on any atom is -0.465 e. The van der Waals surface area contributed by atoms with Crippen molar-refractivity contribution in [3.8, 4) is 22.4 Å². The summed E-state index contributed by atoms with van der Waals surface area (Å²) in [6.45, 7) is 7.79. The molecule has 4 aromatic rings. The predicted molar refractivity (Wildman–Crippen MR) is 142 cm³/mol. The van der Waals surface area contributed by atoms with Crippen LogP contribution in [0.1, 0.15) is 20.8 Å². The van der Waals surface area contributed by atoms with Crippen LogP contribution < -0.4 is 4.90 Å². The molecule has 1 atom stereocenters. The van der Waals surface area contributed by atoms with E-state index in [1.165, 1.54) is 0 Å². The van der Waals surface area contributed by atoms with Gasteiger partial charge in [-0.1, -0.05) is 44.5 Å². The number of anilines is 1. The van der Waals surface area contributed by atoms with Crippen LogP contribution >= 0.6 is 11.6 Å². The van der Waals surface area contributed by atoms with Gasteiger partial charge in [0.25, 0.3) is 0 Å². The Morgan fingerprint density at radius 2 is 1.68 bits per heavy atom. The summed E-state index contributed by atoms with van der Waals surface area (Å²) in [6.07, 6.45) is 5.80. The van der Waals surface area contributed by atoms with Gasteiger partial charge in [-0.05, 0) is 46.5 Å². The fourth-order valence-electron chi connectivity index (χ4n) is 4.33. The molecular formula is C26H29ClN8O2. The molecule has 1 aliphatic heterocycles. The van der Waals surface area contributed by atoms with Gasteiger partial charge in [0.2, 0.25) is 0 Å². The number of carbonyl (C=O) groups is 1. The molecule has 192 valence electrons. The van der Waals surface area contributed by atoms with Gasteiger partial charge in [0.15, 0.2) is 5.82 Å². The number of H-pyrrole nitrogens is 1. The molecule has 0 saturated carbocycles. The maximum Gasteiger partial charge on any atom is 0.407 e. The van der Waals surface area contributed by atoms with Crippen LogP contribution in [0.15, 0.2) is 67.3 Å². The molecule has 0 spiro atoms. The summed E-state index contributed by atoms with van der Waals surface area (Å²) in [7, 11) is 0. The van der Waals surface area contributed by atoms with E-state index in [2.05, 4.69) is 56.3 Å². The van der Waals surface area contributed by atoms with Crippen LogP contribution in [0.4, 0.5) is 10.6 Å². The molecule has 1 aromatic carbocycles. The lowest BCUT2D eigenvalue weighted by Gasteiger charge is -2.46. The highest BCUT2D eigenvalue weighted by Crippen LogP contribution is 2.39. The molecule has 1 fully saturated rings. The highest BCUT2D eigenvalue weighted by Gasteiger charge is 2.39. The number of nitrogens with zero attached hydrogens (tertiary/aromatic N) is 7. The smallest absolute Gasteiger partial charge is 0.407 e. The number of hydrogen-bond acceptors (Lipinski definition) is 7. The maximum absolute atomic E-state index is 11.8. The zero-order chi connectivity index (χ0) is 26.4. The lowest BCUT2D eigenvalue weighted by molar-refractivity contribution is 0.0747. The second-order valence-electron chi connectivity index (χ2n) is 9.65. The van der Waals surface area contributed by atoms with Gasteiger partial charge in [-0.15, -0.1) is 10.2 Å². The normalized spacial score (nSPS) is 15.6. The Labute approximate surface area is 220 Å². The summed E-state index contributed by atoms with van der Waals surface area (Å²) in [5.74, 6) is 0.815. The molecule has 11 heteroatoms. The minimum atomic E-state index is -0.877. The van der Waals surface area contributed by atoms with E-state index in [-0.39, 0.29) is 11.5 Å². The van der Waals surface area contributed by atoms with Gasteiger partial charge in [0.05, 0.1) is 29.7 Å². The van der Waals surface area contributed by atoms with Crippen LogP contribution in [0.5, 0.6) is 0 Å². The van der Waals surface area contributed by atoms with Gasteiger partial charge in [0, 0.05) is 42.6 Å². The summed E-state index contributed by atoms with van der Waals surface area (Å²) in [5, 5.41) is 28.4. The SMILES string of the molecule is CC(C)(C)C1CN(c2n[nH]c(-c3ccc(Cl)cc3)c2-c2ccncc2)CCN1C(=O)O.c1cnnnc1. The standard InChI is InChI=1S/C23H26ClN5O2.C3H3N3/c1-23(2,3)18-14-28(12-13-29(18)22(30)31)21-19(15-8-10-25-11-9-15)20(26-27-21)16-4-6-17(24)7-5-16;1-2-4-6-5-3-1/h4-11,18H,12-14H2,1-3H3,(H,26,27)(H,30,31);1-3H. The fraction of sp³-hybridized carbons (Fsp3) is 0.308. The van der Waals surface area contributed by atoms with Crippen LogP contribution in [-0.2, 0) is 0 Å². The summed E-state index contributed by atoms with van der Waals surface area (Å²) in [5.41, 5.74) is 3.64. The van der Waals surface area contributed by atoms with Gasteiger partial charge >= 0.3 is 6.09 Å². The zero-order valence-corrected chi connectivity index (χ0v) is 21.7. The highest BCUT2D eigenvalue weighted by atomic mass is 35.5. The molecule has 0 radical (unpaired) electrons. The quantitative estimate of drug-likeness (QED) is 0.391. The number of aromatic amines is 1. The van der Waals surface area contributed by atoms with Crippen LogP contribution in [0.2, 0.25) is 5.02 Å². The number of hydrogen-bond donors (Lipinski definition) is 2. The van der Waals surface area contributed by atoms with E-state index >= 15 is 0 Å². The molecule has 1 unspecified atom stereocenters. The summed E-state index contributed by atoms with van der Waals surface area (Å²) in [4.78, 5) is 19.7. The number of amides is 1. The van der Waals surface area contributed by atoms with Gasteiger partial charge in [-0.2, -0.15) is 5.10 Å². The van der Waals surface area contributed by atoms with Gasteiger partial charge in [-0.3, -0.25) is 10.1 Å². The fourth-order valence-corrected chi connectivity index (χ4v) is 4.46. The van der Waals surface area contributed by atoms with Crippen molar-refractivity contribution in [2.24, 2.45) is 5.41 Å². The third-order valence-electron chi connectivity index (χ3n) is 6.18. The second kappa shape index (κ2) is 11.3. The molecular weight excluding hydrogens is 492 g/mol. The van der Waals surface area contributed by atoms with Crippen molar-refractivity contribution in [1.29, 1.82) is 0 Å². The number of benzene rings is 1. The number of pyridine rings is 1. The van der Waals surface area contributed by atoms with Crippen LogP contribution in [0, 0.1) is 5.41 Å². The monoisotopic (exact) mass is 520 g/mol. The highest BCUT2D eigenvalue weighted by molar-refractivity contribution is 6.30. The summed E-state index contributed by atoms with van der Waals surface area (Å²) < 4.78 is 0. The number of halogens is 1. The van der Waals surface area contributed by atoms with Crippen molar-refractivity contribution in [2.45, 2.75) is 26.8 Å². The minimum absolute atomic E-state index is 0.153. The number of carboxylic acid groups (broad SMARTS) is 1. The summed E-state index contributed by atoms with van der Waals surface area (Å²) >= 11 is 6.09. The topological polar surface area (TPSA) is 124 Å². The third kappa shape index (κ3) is 6.21. The lowest BCUT2D eigenvalue weighted by atomic mass is 9.84. The van der Waals surface area contributed by atoms with Crippen molar-refractivity contribution >= 4 is 23.5 Å². The number of piperazine rings is 1. The average molecular weight is 521 g/mol. The van der Waals surface area contributed by atoms with Gasteiger partial charge in [-0.25, -0.2) is 4.79 Å². The van der Waals surface area contributed by atoms with E-state index in [1.54, 1.807) is 35.8 Å². The van der Waals surface area contributed by atoms with E-state index in [9.17, 15) is 9.90 Å². The number of rotatable bonds is 3. The van der Waals surface area contributed by atoms with E-state index in [0.29, 0.717) is 24.7 Å². The Hall–Kier alpha value is -4.05. The second-order valence-corrected chi connectivity index (χ2v) is 10.1. The van der Waals surface area contributed by atoms with Crippen LogP contribution in [0.25, 0.3) is 22.4 Å². The van der Waals surface area contributed by atoms with Crippen molar-refractivity contribution in [3.63, 3.8) is 0 Å². The van der Waals surface area contributed by atoms with Crippen LogP contribution in [-0.4, -0.2) is 72.4 Å². The molecule has 0 bridgehead atoms. The number of aromatic nitrogens is 6. The Balaban J connectivity index is 0.000000469. The molecule has 1 amide bonds. The maximum atomic E-state index is 11.8. The van der Waals surface area contributed by atoms with Crippen molar-refractivity contribution in [2.75, 3.05) is 24.5 Å². The molecule has 37 heavy (non-hydrogen) atoms. The first-order valence-electron chi connectivity index (χ1n) is 11.8. The molecule has 2 N–H and O–H groups in total. The first-order valence-corrected chi connectivity index (χ1v) is 12.2. The van der Waals surface area contributed by atoms with Crippen molar-refractivity contribution < 1.29 is 9.90 Å². The number of nitrogens with one attached hydrogen (secondary N) is 1. The zero-order valence-electron chi connectivity index (χ0n) is 20.9. The van der Waals surface area contributed by atoms with Gasteiger partial charge < -0.3 is 14.9 Å². The molecule has 4 heterocycles. The molecule has 3 aromatic heterocycles. The van der Waals surface area contributed by atoms with Crippen molar-refractivity contribution in [3.05, 3.63) is 72.3 Å². The predicted octanol–water partition coefficient (Wildman–Crippen LogP) is 4.88. The first-order chi connectivity index (χ1) is 17.8. The molecule has 1 saturated heterocycles. The van der Waals surface area contributed by atoms with Crippen LogP contribution in [0.3, 0.4) is 0 Å². The Bertz CT molecular complexity index is 1270. The Morgan fingerprint density at radius 3 is 2.22 bits per heavy atom.